The molecule has 1 aromatic heterocycles. The Labute approximate surface area is 106 Å². The predicted molar refractivity (Wildman–Crippen MR) is 71.2 cm³/mol. The molecule has 1 aliphatic rings. The summed E-state index contributed by atoms with van der Waals surface area (Å²) in [6, 6.07) is 4.51. The van der Waals surface area contributed by atoms with Crippen LogP contribution in [-0.2, 0) is 6.42 Å². The summed E-state index contributed by atoms with van der Waals surface area (Å²) in [4.78, 5) is 3.90. The van der Waals surface area contributed by atoms with E-state index in [-0.39, 0.29) is 0 Å². The summed E-state index contributed by atoms with van der Waals surface area (Å²) >= 11 is 7.60. The summed E-state index contributed by atoms with van der Waals surface area (Å²) in [5.41, 5.74) is 6.01. The van der Waals surface area contributed by atoms with E-state index in [1.54, 1.807) is 11.3 Å². The first-order valence-electron chi connectivity index (χ1n) is 5.87. The molecule has 2 atom stereocenters. The Balaban J connectivity index is 1.78. The molecule has 2 heterocycles. The third-order valence-corrected chi connectivity index (χ3v) is 4.65. The fourth-order valence-corrected chi connectivity index (χ4v) is 3.28. The number of halogens is 1. The molecule has 1 saturated heterocycles. The number of likely N-dealkylation sites (tertiary alicyclic amines) is 1. The van der Waals surface area contributed by atoms with Crippen LogP contribution in [0.1, 0.15) is 18.2 Å². The maximum atomic E-state index is 6.01. The second-order valence-corrected chi connectivity index (χ2v) is 6.49. The van der Waals surface area contributed by atoms with Crippen LogP contribution in [0.5, 0.6) is 0 Å². The van der Waals surface area contributed by atoms with Gasteiger partial charge in [-0.3, -0.25) is 0 Å². The Morgan fingerprint density at radius 2 is 2.38 bits per heavy atom. The van der Waals surface area contributed by atoms with Crippen LogP contribution in [0.25, 0.3) is 0 Å². The molecule has 0 aromatic carbocycles. The third-order valence-electron chi connectivity index (χ3n) is 3.36. The minimum atomic E-state index is 0.396. The molecule has 0 bridgehead atoms. The molecule has 0 radical (unpaired) electrons. The topological polar surface area (TPSA) is 29.3 Å². The molecule has 0 saturated carbocycles. The first-order chi connectivity index (χ1) is 7.65. The maximum absolute atomic E-state index is 6.01. The third kappa shape index (κ3) is 3.20. The van der Waals surface area contributed by atoms with Crippen molar-refractivity contribution in [2.75, 3.05) is 19.6 Å². The van der Waals surface area contributed by atoms with Crippen LogP contribution in [0.15, 0.2) is 12.1 Å². The van der Waals surface area contributed by atoms with Gasteiger partial charge in [-0.05, 0) is 37.4 Å². The highest BCUT2D eigenvalue weighted by Gasteiger charge is 2.22. The lowest BCUT2D eigenvalue weighted by Gasteiger charge is -2.34. The Hall–Kier alpha value is -0.0900. The molecular formula is C12H19ClN2S. The zero-order chi connectivity index (χ0) is 11.5. The average molecular weight is 259 g/mol. The summed E-state index contributed by atoms with van der Waals surface area (Å²) in [5, 5.41) is 0. The fourth-order valence-electron chi connectivity index (χ4n) is 2.21. The quantitative estimate of drug-likeness (QED) is 0.903. The summed E-state index contributed by atoms with van der Waals surface area (Å²) in [6.45, 7) is 5.66. The number of hydrogen-bond donors (Lipinski definition) is 1. The Bertz CT molecular complexity index is 340. The van der Waals surface area contributed by atoms with Crippen molar-refractivity contribution in [3.8, 4) is 0 Å². The zero-order valence-electron chi connectivity index (χ0n) is 9.66. The van der Waals surface area contributed by atoms with Gasteiger partial charge in [-0.15, -0.1) is 11.3 Å². The van der Waals surface area contributed by atoms with Crippen molar-refractivity contribution >= 4 is 22.9 Å². The molecule has 2 unspecified atom stereocenters. The normalized spacial score (nSPS) is 27.2. The van der Waals surface area contributed by atoms with Gasteiger partial charge in [-0.2, -0.15) is 0 Å². The van der Waals surface area contributed by atoms with E-state index in [1.165, 1.54) is 4.88 Å². The van der Waals surface area contributed by atoms with E-state index in [0.717, 1.165) is 36.8 Å². The van der Waals surface area contributed by atoms with Gasteiger partial charge in [0.15, 0.2) is 0 Å². The highest BCUT2D eigenvalue weighted by Crippen LogP contribution is 2.22. The fraction of sp³-hybridized carbons (Fsp3) is 0.667. The molecule has 1 fully saturated rings. The van der Waals surface area contributed by atoms with Crippen LogP contribution in [-0.4, -0.2) is 30.6 Å². The Morgan fingerprint density at radius 1 is 1.56 bits per heavy atom. The SMILES string of the molecule is CC1CN(CCc2ccc(Cl)s2)CCC1N. The molecule has 2 N–H and O–H groups in total. The van der Waals surface area contributed by atoms with Crippen molar-refractivity contribution in [3.63, 3.8) is 0 Å². The highest BCUT2D eigenvalue weighted by molar-refractivity contribution is 7.16. The van der Waals surface area contributed by atoms with Crippen LogP contribution in [0.2, 0.25) is 4.34 Å². The monoisotopic (exact) mass is 258 g/mol. The Kier molecular flexibility index (Phi) is 4.25. The van der Waals surface area contributed by atoms with Gasteiger partial charge in [-0.25, -0.2) is 0 Å². The average Bonchev–Trinajstić information content (AvgIpc) is 2.66. The minimum absolute atomic E-state index is 0.396. The van der Waals surface area contributed by atoms with Gasteiger partial charge in [0.2, 0.25) is 0 Å². The lowest BCUT2D eigenvalue weighted by molar-refractivity contribution is 0.166. The van der Waals surface area contributed by atoms with Gasteiger partial charge in [0, 0.05) is 24.0 Å². The predicted octanol–water partition coefficient (Wildman–Crippen LogP) is 2.61. The largest absolute Gasteiger partial charge is 0.327 e. The highest BCUT2D eigenvalue weighted by atomic mass is 35.5. The first kappa shape index (κ1) is 12.4. The van der Waals surface area contributed by atoms with Gasteiger partial charge in [-0.1, -0.05) is 18.5 Å². The van der Waals surface area contributed by atoms with Crippen molar-refractivity contribution < 1.29 is 0 Å². The van der Waals surface area contributed by atoms with E-state index in [9.17, 15) is 0 Å². The van der Waals surface area contributed by atoms with E-state index in [4.69, 9.17) is 17.3 Å². The van der Waals surface area contributed by atoms with Gasteiger partial charge in [0.25, 0.3) is 0 Å². The van der Waals surface area contributed by atoms with E-state index < -0.39 is 0 Å². The van der Waals surface area contributed by atoms with E-state index in [2.05, 4.69) is 17.9 Å². The molecule has 0 amide bonds. The van der Waals surface area contributed by atoms with Crippen LogP contribution in [0, 0.1) is 5.92 Å². The van der Waals surface area contributed by atoms with Gasteiger partial charge in [0.05, 0.1) is 4.34 Å². The molecular weight excluding hydrogens is 240 g/mol. The van der Waals surface area contributed by atoms with Crippen LogP contribution < -0.4 is 5.73 Å². The molecule has 4 heteroatoms. The van der Waals surface area contributed by atoms with E-state index >= 15 is 0 Å². The number of nitrogens with zero attached hydrogens (tertiary/aromatic N) is 1. The smallest absolute Gasteiger partial charge is 0.0931 e. The molecule has 1 aliphatic heterocycles. The van der Waals surface area contributed by atoms with Gasteiger partial charge >= 0.3 is 0 Å². The minimum Gasteiger partial charge on any atom is -0.327 e. The number of thiophene rings is 1. The second kappa shape index (κ2) is 5.50. The summed E-state index contributed by atoms with van der Waals surface area (Å²) in [7, 11) is 0. The summed E-state index contributed by atoms with van der Waals surface area (Å²) in [6.07, 6.45) is 2.24. The van der Waals surface area contributed by atoms with Crippen molar-refractivity contribution in [3.05, 3.63) is 21.3 Å². The van der Waals surface area contributed by atoms with Gasteiger partial charge in [0.1, 0.15) is 0 Å². The van der Waals surface area contributed by atoms with Crippen LogP contribution >= 0.6 is 22.9 Å². The number of nitrogens with two attached hydrogens (primary N) is 1. The number of hydrogen-bond acceptors (Lipinski definition) is 3. The van der Waals surface area contributed by atoms with Crippen molar-refractivity contribution in [1.29, 1.82) is 0 Å². The van der Waals surface area contributed by atoms with Crippen molar-refractivity contribution in [2.45, 2.75) is 25.8 Å². The summed E-state index contributed by atoms with van der Waals surface area (Å²) in [5.74, 6) is 0.626. The summed E-state index contributed by atoms with van der Waals surface area (Å²) < 4.78 is 0.893. The lowest BCUT2D eigenvalue weighted by Crippen LogP contribution is -2.46. The Morgan fingerprint density at radius 3 is 3.00 bits per heavy atom. The molecule has 2 nitrogen and oxygen atoms in total. The molecule has 90 valence electrons. The second-order valence-electron chi connectivity index (χ2n) is 4.69. The number of piperidine rings is 1. The zero-order valence-corrected chi connectivity index (χ0v) is 11.2. The molecule has 0 aliphatic carbocycles. The molecule has 0 spiro atoms. The van der Waals surface area contributed by atoms with E-state index in [0.29, 0.717) is 12.0 Å². The molecule has 2 rings (SSSR count). The van der Waals surface area contributed by atoms with E-state index in [1.807, 2.05) is 6.07 Å². The first-order valence-corrected chi connectivity index (χ1v) is 7.07. The van der Waals surface area contributed by atoms with Crippen molar-refractivity contribution in [1.82, 2.24) is 4.90 Å². The molecule has 1 aromatic rings. The molecule has 16 heavy (non-hydrogen) atoms. The maximum Gasteiger partial charge on any atom is 0.0931 e. The van der Waals surface area contributed by atoms with Gasteiger partial charge < -0.3 is 10.6 Å². The lowest BCUT2D eigenvalue weighted by atomic mass is 9.95. The van der Waals surface area contributed by atoms with Crippen LogP contribution in [0.4, 0.5) is 0 Å². The van der Waals surface area contributed by atoms with Crippen LogP contribution in [0.3, 0.4) is 0 Å². The van der Waals surface area contributed by atoms with Crippen molar-refractivity contribution in [2.24, 2.45) is 11.7 Å². The number of rotatable bonds is 3. The standard InChI is InChI=1S/C12H19ClN2S/c1-9-8-15(7-5-11(9)14)6-4-10-2-3-12(13)16-10/h2-3,9,11H,4-8,14H2,1H3.